The Morgan fingerprint density at radius 2 is 1.88 bits per heavy atom. The number of ether oxygens (including phenoxy) is 2. The van der Waals surface area contributed by atoms with Crippen LogP contribution in [0.4, 0.5) is 18.9 Å². The van der Waals surface area contributed by atoms with E-state index in [9.17, 15) is 18.4 Å². The number of rotatable bonds is 3. The van der Waals surface area contributed by atoms with Crippen LogP contribution < -0.4 is 19.9 Å². The standard InChI is InChI=1S/C18H15F3N2O3/c1-10-6-7-23(24)16-13(22)9-14(25-2)17(15(10)16)26-12-5-3-4-11(8-12)18(19,20)21/h3-9H,22H2,1-2H3. The lowest BCUT2D eigenvalue weighted by atomic mass is 10.1. The van der Waals surface area contributed by atoms with E-state index in [0.29, 0.717) is 15.7 Å². The molecule has 0 amide bonds. The number of halogens is 3. The first-order valence-electron chi connectivity index (χ1n) is 7.56. The molecule has 0 fully saturated rings. The molecule has 3 aromatic rings. The molecule has 0 spiro atoms. The Hall–Kier alpha value is -3.16. The minimum Gasteiger partial charge on any atom is -0.618 e. The van der Waals surface area contributed by atoms with Crippen molar-refractivity contribution in [1.29, 1.82) is 0 Å². The Morgan fingerprint density at radius 1 is 1.15 bits per heavy atom. The van der Waals surface area contributed by atoms with Crippen LogP contribution in [0.3, 0.4) is 0 Å². The molecule has 2 aromatic carbocycles. The highest BCUT2D eigenvalue weighted by Gasteiger charge is 2.31. The molecule has 1 aromatic heterocycles. The number of fused-ring (bicyclic) bond motifs is 1. The third-order valence-electron chi connectivity index (χ3n) is 3.92. The Kier molecular flexibility index (Phi) is 4.27. The van der Waals surface area contributed by atoms with Gasteiger partial charge in [-0.2, -0.15) is 17.9 Å². The number of pyridine rings is 1. The van der Waals surface area contributed by atoms with Gasteiger partial charge in [0.05, 0.1) is 18.1 Å². The van der Waals surface area contributed by atoms with Crippen molar-refractivity contribution >= 4 is 16.6 Å². The van der Waals surface area contributed by atoms with Crippen LogP contribution in [-0.2, 0) is 6.18 Å². The molecule has 0 atom stereocenters. The average molecular weight is 364 g/mol. The fraction of sp³-hybridized carbons (Fsp3) is 0.167. The molecule has 5 nitrogen and oxygen atoms in total. The van der Waals surface area contributed by atoms with Crippen molar-refractivity contribution in [2.45, 2.75) is 13.1 Å². The maximum Gasteiger partial charge on any atom is 0.416 e. The molecule has 1 heterocycles. The van der Waals surface area contributed by atoms with Crippen molar-refractivity contribution in [1.82, 2.24) is 0 Å². The summed E-state index contributed by atoms with van der Waals surface area (Å²) in [4.78, 5) is 0. The first-order valence-corrected chi connectivity index (χ1v) is 7.56. The predicted octanol–water partition coefficient (Wildman–Crippen LogP) is 4.18. The zero-order valence-corrected chi connectivity index (χ0v) is 13.9. The van der Waals surface area contributed by atoms with Crippen molar-refractivity contribution in [3.63, 3.8) is 0 Å². The predicted molar refractivity (Wildman–Crippen MR) is 90.1 cm³/mol. The van der Waals surface area contributed by atoms with Crippen molar-refractivity contribution in [2.24, 2.45) is 0 Å². The van der Waals surface area contributed by atoms with Crippen LogP contribution in [0.25, 0.3) is 10.9 Å². The van der Waals surface area contributed by atoms with E-state index < -0.39 is 11.7 Å². The molecule has 0 saturated heterocycles. The zero-order valence-electron chi connectivity index (χ0n) is 13.9. The smallest absolute Gasteiger partial charge is 0.416 e. The number of aryl methyl sites for hydroxylation is 1. The molecule has 2 N–H and O–H groups in total. The summed E-state index contributed by atoms with van der Waals surface area (Å²) in [7, 11) is 1.38. The van der Waals surface area contributed by atoms with E-state index in [0.717, 1.165) is 12.1 Å². The zero-order chi connectivity index (χ0) is 19.1. The third kappa shape index (κ3) is 3.05. The SMILES string of the molecule is COc1cc(N)c2c(c(C)cc[n+]2[O-])c1Oc1cccc(C(F)(F)F)c1. The lowest BCUT2D eigenvalue weighted by molar-refractivity contribution is -0.576. The van der Waals surface area contributed by atoms with Crippen molar-refractivity contribution in [3.05, 3.63) is 58.9 Å². The molecule has 0 radical (unpaired) electrons. The number of hydrogen-bond acceptors (Lipinski definition) is 4. The van der Waals surface area contributed by atoms with Gasteiger partial charge in [-0.1, -0.05) is 6.07 Å². The number of aromatic nitrogens is 1. The highest BCUT2D eigenvalue weighted by molar-refractivity contribution is 5.96. The summed E-state index contributed by atoms with van der Waals surface area (Å²) in [5.74, 6) is 0.297. The van der Waals surface area contributed by atoms with Gasteiger partial charge in [0.15, 0.2) is 17.7 Å². The van der Waals surface area contributed by atoms with E-state index in [2.05, 4.69) is 0 Å². The number of alkyl halides is 3. The second-order valence-electron chi connectivity index (χ2n) is 5.67. The molecule has 0 aliphatic heterocycles. The quantitative estimate of drug-likeness (QED) is 0.430. The number of methoxy groups -OCH3 is 1. The fourth-order valence-corrected chi connectivity index (χ4v) is 2.70. The number of nitrogens with two attached hydrogens (primary N) is 1. The van der Waals surface area contributed by atoms with Crippen LogP contribution >= 0.6 is 0 Å². The number of anilines is 1. The van der Waals surface area contributed by atoms with Crippen molar-refractivity contribution in [3.8, 4) is 17.2 Å². The summed E-state index contributed by atoms with van der Waals surface area (Å²) in [6, 6.07) is 7.42. The van der Waals surface area contributed by atoms with E-state index in [1.807, 2.05) is 0 Å². The van der Waals surface area contributed by atoms with Gasteiger partial charge in [-0.15, -0.1) is 0 Å². The van der Waals surface area contributed by atoms with Crippen LogP contribution in [-0.4, -0.2) is 7.11 Å². The van der Waals surface area contributed by atoms with Gasteiger partial charge in [-0.05, 0) is 30.7 Å². The van der Waals surface area contributed by atoms with Crippen LogP contribution in [0.5, 0.6) is 17.2 Å². The summed E-state index contributed by atoms with van der Waals surface area (Å²) in [5.41, 5.74) is 6.10. The summed E-state index contributed by atoms with van der Waals surface area (Å²) < 4.78 is 50.3. The molecule has 0 aliphatic rings. The van der Waals surface area contributed by atoms with E-state index in [1.54, 1.807) is 13.0 Å². The molecule has 8 heteroatoms. The first-order chi connectivity index (χ1) is 12.2. The Balaban J connectivity index is 2.22. The minimum absolute atomic E-state index is 0.0371. The highest BCUT2D eigenvalue weighted by atomic mass is 19.4. The molecule has 0 unspecified atom stereocenters. The molecule has 136 valence electrons. The molecular formula is C18H15F3N2O3. The first kappa shape index (κ1) is 17.7. The van der Waals surface area contributed by atoms with Crippen LogP contribution in [0.15, 0.2) is 42.6 Å². The number of nitrogen functional groups attached to an aromatic ring is 1. The Labute approximate surface area is 147 Å². The van der Waals surface area contributed by atoms with Crippen LogP contribution in [0, 0.1) is 12.1 Å². The normalized spacial score (nSPS) is 11.6. The van der Waals surface area contributed by atoms with Gasteiger partial charge >= 0.3 is 6.18 Å². The van der Waals surface area contributed by atoms with Gasteiger partial charge in [0.2, 0.25) is 0 Å². The molecule has 3 rings (SSSR count). The minimum atomic E-state index is -4.50. The van der Waals surface area contributed by atoms with Gasteiger partial charge in [-0.25, -0.2) is 0 Å². The number of hydrogen-bond donors (Lipinski definition) is 1. The highest BCUT2D eigenvalue weighted by Crippen LogP contribution is 2.42. The largest absolute Gasteiger partial charge is 0.618 e. The average Bonchev–Trinajstić information content (AvgIpc) is 2.59. The molecule has 0 bridgehead atoms. The monoisotopic (exact) mass is 364 g/mol. The van der Waals surface area contributed by atoms with Gasteiger partial charge in [0, 0.05) is 12.1 Å². The molecule has 26 heavy (non-hydrogen) atoms. The van der Waals surface area contributed by atoms with Gasteiger partial charge in [0.1, 0.15) is 11.4 Å². The van der Waals surface area contributed by atoms with Crippen molar-refractivity contribution in [2.75, 3.05) is 12.8 Å². The Bertz CT molecular complexity index is 988. The number of benzene rings is 2. The van der Waals surface area contributed by atoms with E-state index in [1.165, 1.54) is 31.5 Å². The lowest BCUT2D eigenvalue weighted by Crippen LogP contribution is -2.27. The summed E-state index contributed by atoms with van der Waals surface area (Å²) in [6.07, 6.45) is -3.20. The number of nitrogens with zero attached hydrogens (tertiary/aromatic N) is 1. The van der Waals surface area contributed by atoms with E-state index >= 15 is 0 Å². The van der Waals surface area contributed by atoms with Gasteiger partial charge in [-0.3, -0.25) is 0 Å². The second kappa shape index (κ2) is 6.29. The fourth-order valence-electron chi connectivity index (χ4n) is 2.70. The molecular weight excluding hydrogens is 349 g/mol. The van der Waals surface area contributed by atoms with Crippen LogP contribution in [0.1, 0.15) is 11.1 Å². The van der Waals surface area contributed by atoms with E-state index in [4.69, 9.17) is 15.2 Å². The summed E-state index contributed by atoms with van der Waals surface area (Å²) >= 11 is 0. The topological polar surface area (TPSA) is 71.4 Å². The maximum atomic E-state index is 12.9. The molecule has 0 aliphatic carbocycles. The Morgan fingerprint density at radius 3 is 2.54 bits per heavy atom. The van der Waals surface area contributed by atoms with E-state index in [-0.39, 0.29) is 28.5 Å². The van der Waals surface area contributed by atoms with Crippen LogP contribution in [0.2, 0.25) is 0 Å². The maximum absolute atomic E-state index is 12.9. The lowest BCUT2D eigenvalue weighted by Gasteiger charge is -2.16. The van der Waals surface area contributed by atoms with Gasteiger partial charge in [0.25, 0.3) is 5.52 Å². The van der Waals surface area contributed by atoms with Crippen molar-refractivity contribution < 1.29 is 27.4 Å². The summed E-state index contributed by atoms with van der Waals surface area (Å²) in [5, 5.41) is 12.5. The summed E-state index contributed by atoms with van der Waals surface area (Å²) in [6.45, 7) is 1.74. The second-order valence-corrected chi connectivity index (χ2v) is 5.67. The third-order valence-corrected chi connectivity index (χ3v) is 3.92. The molecule has 0 saturated carbocycles. The van der Waals surface area contributed by atoms with Gasteiger partial charge < -0.3 is 20.4 Å².